The molecular formula is C20H22N2O3. The number of para-hydroxylation sites is 1. The molecule has 1 aromatic carbocycles. The van der Waals surface area contributed by atoms with Crippen molar-refractivity contribution in [2.75, 3.05) is 6.61 Å². The highest BCUT2D eigenvalue weighted by Crippen LogP contribution is 2.21. The molecule has 0 fully saturated rings. The number of carbonyl (C=O) groups is 2. The van der Waals surface area contributed by atoms with E-state index in [2.05, 4.69) is 17.3 Å². The molecule has 0 saturated carbocycles. The van der Waals surface area contributed by atoms with Gasteiger partial charge in [0.15, 0.2) is 0 Å². The fraction of sp³-hybridized carbons (Fsp3) is 0.350. The summed E-state index contributed by atoms with van der Waals surface area (Å²) in [7, 11) is 0. The summed E-state index contributed by atoms with van der Waals surface area (Å²) in [6, 6.07) is 9.53. The Morgan fingerprint density at radius 3 is 2.64 bits per heavy atom. The van der Waals surface area contributed by atoms with Crippen LogP contribution in [-0.4, -0.2) is 28.1 Å². The number of benzene rings is 1. The molecule has 0 bridgehead atoms. The number of carbonyl (C=O) groups excluding carboxylic acids is 2. The number of esters is 1. The van der Waals surface area contributed by atoms with E-state index in [9.17, 15) is 9.59 Å². The minimum atomic E-state index is -0.798. The molecule has 25 heavy (non-hydrogen) atoms. The zero-order valence-electron chi connectivity index (χ0n) is 14.6. The second-order valence-corrected chi connectivity index (χ2v) is 6.37. The van der Waals surface area contributed by atoms with E-state index in [1.54, 1.807) is 18.5 Å². The fourth-order valence-corrected chi connectivity index (χ4v) is 3.16. The van der Waals surface area contributed by atoms with Gasteiger partial charge in [0.05, 0.1) is 29.2 Å². The number of hydrogen-bond donors (Lipinski definition) is 0. The van der Waals surface area contributed by atoms with Gasteiger partial charge in [0.25, 0.3) is 5.78 Å². The Balaban J connectivity index is 1.74. The Morgan fingerprint density at radius 1 is 1.20 bits per heavy atom. The highest BCUT2D eigenvalue weighted by molar-refractivity contribution is 6.41. The van der Waals surface area contributed by atoms with E-state index in [1.807, 2.05) is 30.3 Å². The maximum absolute atomic E-state index is 12.6. The molecule has 3 rings (SSSR count). The Hall–Kier alpha value is -2.69. The van der Waals surface area contributed by atoms with E-state index in [-0.39, 0.29) is 0 Å². The summed E-state index contributed by atoms with van der Waals surface area (Å²) in [4.78, 5) is 24.8. The van der Waals surface area contributed by atoms with E-state index in [0.29, 0.717) is 29.5 Å². The number of allylic oxidation sites excluding steroid dienone is 2. The largest absolute Gasteiger partial charge is 0.459 e. The number of nitrogens with zero attached hydrogens (tertiary/aromatic N) is 2. The van der Waals surface area contributed by atoms with Crippen LogP contribution in [0.5, 0.6) is 0 Å². The third kappa shape index (κ3) is 3.71. The Bertz CT molecular complexity index is 806. The van der Waals surface area contributed by atoms with Crippen LogP contribution in [0, 0.1) is 19.8 Å². The van der Waals surface area contributed by atoms with Gasteiger partial charge in [-0.1, -0.05) is 30.4 Å². The molecule has 0 N–H and O–H groups in total. The summed E-state index contributed by atoms with van der Waals surface area (Å²) >= 11 is 0. The van der Waals surface area contributed by atoms with Crippen LogP contribution in [0.1, 0.15) is 41.0 Å². The van der Waals surface area contributed by atoms with Crippen molar-refractivity contribution in [3.05, 3.63) is 59.4 Å². The number of ether oxygens (including phenoxy) is 1. The van der Waals surface area contributed by atoms with Gasteiger partial charge in [-0.25, -0.2) is 9.48 Å². The number of hydrogen-bond acceptors (Lipinski definition) is 4. The molecule has 0 aliphatic heterocycles. The maximum atomic E-state index is 12.6. The summed E-state index contributed by atoms with van der Waals surface area (Å²) in [5, 5.41) is 4.41. The smallest absolute Gasteiger partial charge is 0.379 e. The lowest BCUT2D eigenvalue weighted by Gasteiger charge is -2.17. The second kappa shape index (κ2) is 7.47. The van der Waals surface area contributed by atoms with Gasteiger partial charge >= 0.3 is 5.97 Å². The summed E-state index contributed by atoms with van der Waals surface area (Å²) in [6.45, 7) is 3.82. The second-order valence-electron chi connectivity index (χ2n) is 6.37. The summed E-state index contributed by atoms with van der Waals surface area (Å²) in [5.74, 6) is -1.12. The predicted molar refractivity (Wildman–Crippen MR) is 94.8 cm³/mol. The third-order valence-electron chi connectivity index (χ3n) is 4.53. The molecule has 1 aliphatic rings. The molecule has 1 aromatic heterocycles. The van der Waals surface area contributed by atoms with Crippen LogP contribution in [0.25, 0.3) is 5.69 Å². The highest BCUT2D eigenvalue weighted by atomic mass is 16.5. The zero-order valence-corrected chi connectivity index (χ0v) is 14.6. The number of rotatable bonds is 5. The van der Waals surface area contributed by atoms with Gasteiger partial charge in [-0.2, -0.15) is 5.10 Å². The molecule has 0 amide bonds. The predicted octanol–water partition coefficient (Wildman–Crippen LogP) is 3.57. The van der Waals surface area contributed by atoms with Crippen LogP contribution < -0.4 is 0 Å². The van der Waals surface area contributed by atoms with E-state index in [0.717, 1.165) is 24.9 Å². The normalized spacial score (nSPS) is 16.6. The van der Waals surface area contributed by atoms with Crippen LogP contribution >= 0.6 is 0 Å². The Morgan fingerprint density at radius 2 is 1.96 bits per heavy atom. The quantitative estimate of drug-likeness (QED) is 0.362. The summed E-state index contributed by atoms with van der Waals surface area (Å²) < 4.78 is 6.95. The first kappa shape index (κ1) is 17.1. The van der Waals surface area contributed by atoms with Crippen LogP contribution in [0.15, 0.2) is 42.5 Å². The third-order valence-corrected chi connectivity index (χ3v) is 4.53. The lowest BCUT2D eigenvalue weighted by atomic mass is 9.95. The zero-order chi connectivity index (χ0) is 17.8. The average Bonchev–Trinajstić information content (AvgIpc) is 2.95. The molecule has 1 aliphatic carbocycles. The van der Waals surface area contributed by atoms with Crippen molar-refractivity contribution in [2.45, 2.75) is 33.1 Å². The first-order valence-electron chi connectivity index (χ1n) is 8.56. The molecule has 0 spiro atoms. The topological polar surface area (TPSA) is 61.2 Å². The van der Waals surface area contributed by atoms with E-state index < -0.39 is 11.8 Å². The fourth-order valence-electron chi connectivity index (χ4n) is 3.16. The lowest BCUT2D eigenvalue weighted by molar-refractivity contribution is -0.139. The van der Waals surface area contributed by atoms with Gasteiger partial charge < -0.3 is 4.74 Å². The monoisotopic (exact) mass is 338 g/mol. The van der Waals surface area contributed by atoms with Crippen LogP contribution in [0.3, 0.4) is 0 Å². The van der Waals surface area contributed by atoms with Crippen molar-refractivity contribution in [2.24, 2.45) is 5.92 Å². The van der Waals surface area contributed by atoms with Crippen molar-refractivity contribution in [3.63, 3.8) is 0 Å². The van der Waals surface area contributed by atoms with E-state index in [4.69, 9.17) is 4.74 Å². The van der Waals surface area contributed by atoms with Crippen molar-refractivity contribution < 1.29 is 14.3 Å². The lowest BCUT2D eigenvalue weighted by Crippen LogP contribution is -2.22. The molecule has 130 valence electrons. The minimum Gasteiger partial charge on any atom is -0.459 e. The molecule has 0 radical (unpaired) electrons. The van der Waals surface area contributed by atoms with Gasteiger partial charge in [-0.15, -0.1) is 0 Å². The van der Waals surface area contributed by atoms with Gasteiger partial charge in [-0.3, -0.25) is 4.79 Å². The number of aromatic nitrogens is 2. The van der Waals surface area contributed by atoms with E-state index in [1.165, 1.54) is 0 Å². The Labute approximate surface area is 147 Å². The van der Waals surface area contributed by atoms with Crippen molar-refractivity contribution in [1.82, 2.24) is 9.78 Å². The van der Waals surface area contributed by atoms with Crippen molar-refractivity contribution >= 4 is 11.8 Å². The first-order valence-corrected chi connectivity index (χ1v) is 8.56. The first-order chi connectivity index (χ1) is 12.1. The van der Waals surface area contributed by atoms with Gasteiger partial charge in [0.2, 0.25) is 0 Å². The van der Waals surface area contributed by atoms with Crippen LogP contribution in [0.4, 0.5) is 0 Å². The molecule has 5 nitrogen and oxygen atoms in total. The SMILES string of the molecule is Cc1nn(-c2ccccc2)c(C)c1C(=O)C(=O)OCC1CC=CCC1. The van der Waals surface area contributed by atoms with Crippen molar-refractivity contribution in [1.29, 1.82) is 0 Å². The maximum Gasteiger partial charge on any atom is 0.379 e. The number of Topliss-reactive ketones (excluding diaryl/α,β-unsaturated/α-hetero) is 1. The summed E-state index contributed by atoms with van der Waals surface area (Å²) in [5.41, 5.74) is 2.36. The standard InChI is InChI=1S/C20H22N2O3/c1-14-18(15(2)22(21-14)17-11-7-4-8-12-17)19(23)20(24)25-13-16-9-5-3-6-10-16/h3-5,7-8,11-12,16H,6,9-10,13H2,1-2H3. The van der Waals surface area contributed by atoms with Gasteiger partial charge in [0, 0.05) is 0 Å². The van der Waals surface area contributed by atoms with Gasteiger partial charge in [0.1, 0.15) is 0 Å². The number of ketones is 1. The average molecular weight is 338 g/mol. The van der Waals surface area contributed by atoms with Crippen LogP contribution in [0.2, 0.25) is 0 Å². The summed E-state index contributed by atoms with van der Waals surface area (Å²) in [6.07, 6.45) is 7.11. The highest BCUT2D eigenvalue weighted by Gasteiger charge is 2.27. The van der Waals surface area contributed by atoms with Crippen molar-refractivity contribution in [3.8, 4) is 5.69 Å². The molecule has 1 heterocycles. The van der Waals surface area contributed by atoms with E-state index >= 15 is 0 Å². The van der Waals surface area contributed by atoms with Gasteiger partial charge in [-0.05, 0) is 51.2 Å². The molecule has 1 unspecified atom stereocenters. The molecular weight excluding hydrogens is 316 g/mol. The molecule has 5 heteroatoms. The molecule has 2 aromatic rings. The molecule has 1 atom stereocenters. The number of aryl methyl sites for hydroxylation is 1. The van der Waals surface area contributed by atoms with Crippen LogP contribution in [-0.2, 0) is 9.53 Å². The minimum absolute atomic E-state index is 0.291. The molecule has 0 saturated heterocycles. The Kier molecular flexibility index (Phi) is 5.12.